The Morgan fingerprint density at radius 2 is 1.33 bits per heavy atom. The first-order valence-electron chi connectivity index (χ1n) is 3.16. The average Bonchev–Trinajstić information content (AvgIpc) is 1.52. The number of hydrogen-bond acceptors (Lipinski definition) is 2. The number of halogens is 4. The van der Waals surface area contributed by atoms with Crippen molar-refractivity contribution in [2.45, 2.75) is 37.9 Å². The molecule has 0 aromatic rings. The summed E-state index contributed by atoms with van der Waals surface area (Å²) in [5.41, 5.74) is 0. The molecule has 2 nitrogen and oxygen atoms in total. The zero-order chi connectivity index (χ0) is 10.2. The summed E-state index contributed by atoms with van der Waals surface area (Å²) in [5.74, 6) is -11.5. The number of aliphatic hydroxyl groups is 2. The lowest BCUT2D eigenvalue weighted by Gasteiger charge is -2.27. The van der Waals surface area contributed by atoms with Gasteiger partial charge >= 0.3 is 11.8 Å². The van der Waals surface area contributed by atoms with Gasteiger partial charge < -0.3 is 10.2 Å². The van der Waals surface area contributed by atoms with Crippen molar-refractivity contribution in [3.05, 3.63) is 0 Å². The Morgan fingerprint density at radius 1 is 1.00 bits per heavy atom. The van der Waals surface area contributed by atoms with Crippen LogP contribution in [0.5, 0.6) is 0 Å². The molecule has 0 atom stereocenters. The summed E-state index contributed by atoms with van der Waals surface area (Å²) in [4.78, 5) is 0. The van der Waals surface area contributed by atoms with Gasteiger partial charge in [0.2, 0.25) is 0 Å². The maximum Gasteiger partial charge on any atom is 0.315 e. The highest BCUT2D eigenvalue weighted by Crippen LogP contribution is 2.38. The van der Waals surface area contributed by atoms with Crippen LogP contribution in [0.25, 0.3) is 0 Å². The zero-order valence-electron chi connectivity index (χ0n) is 6.61. The molecule has 0 heterocycles. The Labute approximate surface area is 66.8 Å². The maximum absolute atomic E-state index is 12.4. The van der Waals surface area contributed by atoms with Crippen molar-refractivity contribution in [2.24, 2.45) is 0 Å². The first kappa shape index (κ1) is 11.6. The van der Waals surface area contributed by atoms with Crippen LogP contribution in [0.2, 0.25) is 0 Å². The van der Waals surface area contributed by atoms with Crippen LogP contribution >= 0.6 is 0 Å². The molecule has 0 unspecified atom stereocenters. The van der Waals surface area contributed by atoms with Crippen molar-refractivity contribution in [1.82, 2.24) is 0 Å². The van der Waals surface area contributed by atoms with E-state index in [1.807, 2.05) is 0 Å². The minimum absolute atomic E-state index is 0.0265. The molecule has 0 aliphatic rings. The molecule has 6 heteroatoms. The highest BCUT2D eigenvalue weighted by Gasteiger charge is 2.54. The smallest absolute Gasteiger partial charge is 0.315 e. The highest BCUT2D eigenvalue weighted by molar-refractivity contribution is 4.84. The van der Waals surface area contributed by atoms with E-state index in [1.54, 1.807) is 0 Å². The molecule has 0 aromatic carbocycles. The van der Waals surface area contributed by atoms with Gasteiger partial charge in [0.25, 0.3) is 0 Å². The Balaban J connectivity index is 4.44. The molecule has 0 aliphatic carbocycles. The summed E-state index contributed by atoms with van der Waals surface area (Å²) >= 11 is 0. The van der Waals surface area contributed by atoms with Crippen molar-refractivity contribution in [3.8, 4) is 0 Å². The van der Waals surface area contributed by atoms with E-state index in [4.69, 9.17) is 10.2 Å². The van der Waals surface area contributed by atoms with Gasteiger partial charge in [-0.1, -0.05) is 0 Å². The van der Waals surface area contributed by atoms with E-state index < -0.39 is 24.1 Å². The topological polar surface area (TPSA) is 40.5 Å². The van der Waals surface area contributed by atoms with Crippen molar-refractivity contribution in [2.75, 3.05) is 0 Å². The first-order chi connectivity index (χ1) is 4.96. The van der Waals surface area contributed by atoms with Gasteiger partial charge in [-0.25, -0.2) is 8.78 Å². The van der Waals surface area contributed by atoms with Gasteiger partial charge in [0, 0.05) is 6.92 Å². The zero-order valence-corrected chi connectivity index (χ0v) is 6.61. The molecule has 0 saturated carbocycles. The van der Waals surface area contributed by atoms with Crippen LogP contribution in [0, 0.1) is 0 Å². The molecule has 0 radical (unpaired) electrons. The molecule has 12 heavy (non-hydrogen) atoms. The van der Waals surface area contributed by atoms with E-state index in [1.165, 1.54) is 0 Å². The van der Waals surface area contributed by atoms with Crippen molar-refractivity contribution < 1.29 is 27.8 Å². The maximum atomic E-state index is 12.4. The van der Waals surface area contributed by atoms with Crippen LogP contribution < -0.4 is 0 Å². The molecule has 0 bridgehead atoms. The summed E-state index contributed by atoms with van der Waals surface area (Å²) in [6, 6.07) is 0. The van der Waals surface area contributed by atoms with E-state index >= 15 is 0 Å². The molecule has 0 saturated heterocycles. The second-order valence-electron chi connectivity index (χ2n) is 2.99. The summed E-state index contributed by atoms with van der Waals surface area (Å²) in [5, 5.41) is 16.9. The molecule has 2 N–H and O–H groups in total. The van der Waals surface area contributed by atoms with Gasteiger partial charge in [0.05, 0.1) is 6.42 Å². The van der Waals surface area contributed by atoms with Crippen LogP contribution in [0.1, 0.15) is 20.3 Å². The molecule has 0 aromatic heterocycles. The predicted octanol–water partition coefficient (Wildman–Crippen LogP) is 1.37. The van der Waals surface area contributed by atoms with Crippen LogP contribution in [0.15, 0.2) is 0 Å². The fourth-order valence-electron chi connectivity index (χ4n) is 0.576. The lowest BCUT2D eigenvalue weighted by atomic mass is 10.0. The van der Waals surface area contributed by atoms with Gasteiger partial charge in [-0.3, -0.25) is 0 Å². The fraction of sp³-hybridized carbons (Fsp3) is 1.00. The van der Waals surface area contributed by atoms with E-state index in [9.17, 15) is 17.6 Å². The number of alkyl halides is 4. The Morgan fingerprint density at radius 3 is 1.42 bits per heavy atom. The third kappa shape index (κ3) is 3.36. The summed E-state index contributed by atoms with van der Waals surface area (Å²) in [7, 11) is 0. The molecule has 74 valence electrons. The molecule has 0 rings (SSSR count). The normalized spacial score (nSPS) is 15.0. The van der Waals surface area contributed by atoms with Crippen molar-refractivity contribution in [1.29, 1.82) is 0 Å². The standard InChI is InChI=1S/C6H10F4O2/c1-4(11,12)3-6(9,10)5(2,7)8/h11-12H,3H2,1-2H3. The SMILES string of the molecule is CC(O)(O)CC(F)(F)C(C)(F)F. The number of rotatable bonds is 3. The Hall–Kier alpha value is -0.360. The van der Waals surface area contributed by atoms with Gasteiger partial charge in [0.15, 0.2) is 5.79 Å². The Kier molecular flexibility index (Phi) is 2.76. The minimum atomic E-state index is -4.41. The molecule has 0 amide bonds. The van der Waals surface area contributed by atoms with Crippen LogP contribution in [0.4, 0.5) is 17.6 Å². The van der Waals surface area contributed by atoms with E-state index in [0.717, 1.165) is 0 Å². The van der Waals surface area contributed by atoms with E-state index in [0.29, 0.717) is 6.92 Å². The van der Waals surface area contributed by atoms with Crippen LogP contribution in [0.3, 0.4) is 0 Å². The Bertz CT molecular complexity index is 156. The van der Waals surface area contributed by atoms with Crippen LogP contribution in [-0.2, 0) is 0 Å². The van der Waals surface area contributed by atoms with Crippen molar-refractivity contribution in [3.63, 3.8) is 0 Å². The third-order valence-corrected chi connectivity index (χ3v) is 1.20. The van der Waals surface area contributed by atoms with E-state index in [-0.39, 0.29) is 6.92 Å². The molecular formula is C6H10F4O2. The van der Waals surface area contributed by atoms with E-state index in [2.05, 4.69) is 0 Å². The highest BCUT2D eigenvalue weighted by atomic mass is 19.3. The molecular weight excluding hydrogens is 180 g/mol. The molecule has 0 fully saturated rings. The van der Waals surface area contributed by atoms with Gasteiger partial charge in [-0.15, -0.1) is 0 Å². The van der Waals surface area contributed by atoms with Crippen molar-refractivity contribution >= 4 is 0 Å². The monoisotopic (exact) mass is 190 g/mol. The second-order valence-corrected chi connectivity index (χ2v) is 2.99. The molecule has 0 spiro atoms. The third-order valence-electron chi connectivity index (χ3n) is 1.20. The number of hydrogen-bond donors (Lipinski definition) is 2. The fourth-order valence-corrected chi connectivity index (χ4v) is 0.576. The van der Waals surface area contributed by atoms with Gasteiger partial charge in [-0.2, -0.15) is 8.78 Å². The molecule has 0 aliphatic heterocycles. The lowest BCUT2D eigenvalue weighted by molar-refractivity contribution is -0.259. The van der Waals surface area contributed by atoms with Gasteiger partial charge in [0.1, 0.15) is 0 Å². The van der Waals surface area contributed by atoms with Gasteiger partial charge in [-0.05, 0) is 6.92 Å². The predicted molar refractivity (Wildman–Crippen MR) is 33.0 cm³/mol. The second kappa shape index (κ2) is 2.85. The summed E-state index contributed by atoms with van der Waals surface area (Å²) < 4.78 is 48.8. The average molecular weight is 190 g/mol. The minimum Gasteiger partial charge on any atom is -0.366 e. The van der Waals surface area contributed by atoms with Crippen LogP contribution in [-0.4, -0.2) is 27.8 Å². The summed E-state index contributed by atoms with van der Waals surface area (Å²) in [6.45, 7) is 0.644. The first-order valence-corrected chi connectivity index (χ1v) is 3.16. The summed E-state index contributed by atoms with van der Waals surface area (Å²) in [6.07, 6.45) is -1.69. The largest absolute Gasteiger partial charge is 0.366 e. The lowest BCUT2D eigenvalue weighted by Crippen LogP contribution is -2.44. The quantitative estimate of drug-likeness (QED) is 0.521.